The van der Waals surface area contributed by atoms with Gasteiger partial charge >= 0.3 is 0 Å². The van der Waals surface area contributed by atoms with Crippen molar-refractivity contribution in [3.05, 3.63) is 52.0 Å². The number of nitrogens with one attached hydrogen (secondary N) is 1. The van der Waals surface area contributed by atoms with Gasteiger partial charge in [0, 0.05) is 24.0 Å². The van der Waals surface area contributed by atoms with Crippen molar-refractivity contribution < 1.29 is 9.90 Å². The van der Waals surface area contributed by atoms with Gasteiger partial charge in [-0.1, -0.05) is 18.2 Å². The SMILES string of the molecule is CN(Cc1csc(CNC(=O)c2ccccc2)n1)CC(O)C1CC1. The molecule has 2 N–H and O–H groups in total. The summed E-state index contributed by atoms with van der Waals surface area (Å²) in [6, 6.07) is 9.18. The summed E-state index contributed by atoms with van der Waals surface area (Å²) < 4.78 is 0. The molecule has 2 aromatic rings. The zero-order chi connectivity index (χ0) is 16.9. The topological polar surface area (TPSA) is 65.5 Å². The highest BCUT2D eigenvalue weighted by Crippen LogP contribution is 2.32. The van der Waals surface area contributed by atoms with Crippen molar-refractivity contribution in [3.63, 3.8) is 0 Å². The van der Waals surface area contributed by atoms with Gasteiger partial charge in [-0.2, -0.15) is 0 Å². The summed E-state index contributed by atoms with van der Waals surface area (Å²) in [6.07, 6.45) is 2.08. The van der Waals surface area contributed by atoms with Crippen LogP contribution in [0.1, 0.15) is 33.9 Å². The third-order valence-electron chi connectivity index (χ3n) is 4.13. The molecule has 1 aliphatic carbocycles. The number of likely N-dealkylation sites (N-methyl/N-ethyl adjacent to an activating group) is 1. The lowest BCUT2D eigenvalue weighted by molar-refractivity contribution is 0.0950. The summed E-state index contributed by atoms with van der Waals surface area (Å²) in [4.78, 5) is 18.7. The first-order chi connectivity index (χ1) is 11.6. The molecular formula is C18H23N3O2S. The monoisotopic (exact) mass is 345 g/mol. The van der Waals surface area contributed by atoms with E-state index in [4.69, 9.17) is 0 Å². The predicted octanol–water partition coefficient (Wildman–Crippen LogP) is 2.28. The minimum atomic E-state index is -0.224. The first kappa shape index (κ1) is 17.1. The van der Waals surface area contributed by atoms with Crippen molar-refractivity contribution in [3.8, 4) is 0 Å². The second kappa shape index (κ2) is 7.88. The summed E-state index contributed by atoms with van der Waals surface area (Å²) in [7, 11) is 2.00. The highest BCUT2D eigenvalue weighted by atomic mass is 32.1. The van der Waals surface area contributed by atoms with E-state index < -0.39 is 0 Å². The Bertz CT molecular complexity index is 670. The van der Waals surface area contributed by atoms with Gasteiger partial charge in [0.25, 0.3) is 5.91 Å². The van der Waals surface area contributed by atoms with Crippen LogP contribution in [0.5, 0.6) is 0 Å². The third kappa shape index (κ3) is 4.87. The number of aliphatic hydroxyl groups is 1. The Kier molecular flexibility index (Phi) is 5.60. The number of carbonyl (C=O) groups is 1. The molecule has 5 nitrogen and oxygen atoms in total. The summed E-state index contributed by atoms with van der Waals surface area (Å²) >= 11 is 1.55. The molecule has 0 bridgehead atoms. The Balaban J connectivity index is 1.45. The molecule has 1 aromatic heterocycles. The first-order valence-corrected chi connectivity index (χ1v) is 9.13. The van der Waals surface area contributed by atoms with Crippen LogP contribution in [0.4, 0.5) is 0 Å². The lowest BCUT2D eigenvalue weighted by Crippen LogP contribution is -2.30. The van der Waals surface area contributed by atoms with Gasteiger partial charge < -0.3 is 10.4 Å². The van der Waals surface area contributed by atoms with Crippen LogP contribution in [0, 0.1) is 5.92 Å². The fourth-order valence-electron chi connectivity index (χ4n) is 2.64. The molecule has 0 radical (unpaired) electrons. The van der Waals surface area contributed by atoms with E-state index in [0.29, 0.717) is 31.1 Å². The molecular weight excluding hydrogens is 322 g/mol. The lowest BCUT2D eigenvalue weighted by Gasteiger charge is -2.19. The number of aliphatic hydroxyl groups excluding tert-OH is 1. The van der Waals surface area contributed by atoms with E-state index in [1.807, 2.05) is 30.6 Å². The highest BCUT2D eigenvalue weighted by molar-refractivity contribution is 7.09. The normalized spacial score (nSPS) is 15.5. The van der Waals surface area contributed by atoms with Gasteiger partial charge in [-0.3, -0.25) is 9.69 Å². The van der Waals surface area contributed by atoms with E-state index in [1.165, 1.54) is 0 Å². The quantitative estimate of drug-likeness (QED) is 0.770. The number of rotatable bonds is 8. The van der Waals surface area contributed by atoms with Crippen LogP contribution >= 0.6 is 11.3 Å². The van der Waals surface area contributed by atoms with Crippen LogP contribution in [-0.2, 0) is 13.1 Å². The molecule has 3 rings (SSSR count). The minimum absolute atomic E-state index is 0.0861. The molecule has 1 aliphatic rings. The van der Waals surface area contributed by atoms with Crippen LogP contribution in [0.25, 0.3) is 0 Å². The molecule has 1 aromatic carbocycles. The van der Waals surface area contributed by atoms with E-state index in [1.54, 1.807) is 23.5 Å². The molecule has 0 saturated heterocycles. The van der Waals surface area contributed by atoms with Crippen molar-refractivity contribution in [2.45, 2.75) is 32.0 Å². The molecule has 0 spiro atoms. The van der Waals surface area contributed by atoms with E-state index in [9.17, 15) is 9.90 Å². The maximum absolute atomic E-state index is 12.0. The molecule has 128 valence electrons. The van der Waals surface area contributed by atoms with E-state index in [0.717, 1.165) is 23.5 Å². The standard InChI is InChI=1S/C18H23N3O2S/c1-21(11-16(22)13-7-8-13)10-15-12-24-17(20-15)9-19-18(23)14-5-3-2-4-6-14/h2-6,12-13,16,22H,7-11H2,1H3,(H,19,23). The number of aromatic nitrogens is 1. The van der Waals surface area contributed by atoms with E-state index >= 15 is 0 Å². The number of hydrogen-bond acceptors (Lipinski definition) is 5. The van der Waals surface area contributed by atoms with Crippen molar-refractivity contribution in [2.24, 2.45) is 5.92 Å². The van der Waals surface area contributed by atoms with Gasteiger partial charge in [0.2, 0.25) is 0 Å². The Morgan fingerprint density at radius 2 is 2.17 bits per heavy atom. The largest absolute Gasteiger partial charge is 0.392 e. The van der Waals surface area contributed by atoms with Crippen LogP contribution in [-0.4, -0.2) is 40.6 Å². The Labute approximate surface area is 146 Å². The maximum atomic E-state index is 12.0. The van der Waals surface area contributed by atoms with E-state index in [2.05, 4.69) is 15.2 Å². The average molecular weight is 345 g/mol. The van der Waals surface area contributed by atoms with Crippen molar-refractivity contribution in [1.82, 2.24) is 15.2 Å². The Hall–Kier alpha value is -1.76. The number of amides is 1. The summed E-state index contributed by atoms with van der Waals surface area (Å²) in [5.41, 5.74) is 1.64. The van der Waals surface area contributed by atoms with Gasteiger partial charge in [-0.05, 0) is 37.9 Å². The summed E-state index contributed by atoms with van der Waals surface area (Å²) in [5.74, 6) is 0.406. The molecule has 24 heavy (non-hydrogen) atoms. The van der Waals surface area contributed by atoms with Crippen LogP contribution in [0.2, 0.25) is 0 Å². The smallest absolute Gasteiger partial charge is 0.251 e. The number of carbonyl (C=O) groups excluding carboxylic acids is 1. The molecule has 1 unspecified atom stereocenters. The van der Waals surface area contributed by atoms with Gasteiger partial charge in [-0.15, -0.1) is 11.3 Å². The zero-order valence-corrected chi connectivity index (χ0v) is 14.6. The predicted molar refractivity (Wildman–Crippen MR) is 94.8 cm³/mol. The molecule has 0 aliphatic heterocycles. The summed E-state index contributed by atoms with van der Waals surface area (Å²) in [6.45, 7) is 1.84. The number of benzene rings is 1. The third-order valence-corrected chi connectivity index (χ3v) is 5.03. The lowest BCUT2D eigenvalue weighted by atomic mass is 10.2. The van der Waals surface area contributed by atoms with Gasteiger partial charge in [-0.25, -0.2) is 4.98 Å². The minimum Gasteiger partial charge on any atom is -0.392 e. The average Bonchev–Trinajstić information content (AvgIpc) is 3.35. The van der Waals surface area contributed by atoms with Crippen LogP contribution in [0.3, 0.4) is 0 Å². The van der Waals surface area contributed by atoms with Crippen LogP contribution in [0.15, 0.2) is 35.7 Å². The second-order valence-corrected chi connectivity index (χ2v) is 7.33. The summed E-state index contributed by atoms with van der Waals surface area (Å²) in [5, 5.41) is 15.8. The fraction of sp³-hybridized carbons (Fsp3) is 0.444. The van der Waals surface area contributed by atoms with Crippen molar-refractivity contribution in [1.29, 1.82) is 0 Å². The van der Waals surface area contributed by atoms with Gasteiger partial charge in [0.15, 0.2) is 0 Å². The molecule has 1 fully saturated rings. The Morgan fingerprint density at radius 1 is 1.42 bits per heavy atom. The number of nitrogens with zero attached hydrogens (tertiary/aromatic N) is 2. The van der Waals surface area contributed by atoms with Crippen molar-refractivity contribution >= 4 is 17.2 Å². The second-order valence-electron chi connectivity index (χ2n) is 6.38. The van der Waals surface area contributed by atoms with Gasteiger partial charge in [0.05, 0.1) is 18.3 Å². The fourth-order valence-corrected chi connectivity index (χ4v) is 3.37. The molecule has 1 amide bonds. The van der Waals surface area contributed by atoms with Crippen LogP contribution < -0.4 is 5.32 Å². The highest BCUT2D eigenvalue weighted by Gasteiger charge is 2.30. The van der Waals surface area contributed by atoms with Gasteiger partial charge in [0.1, 0.15) is 5.01 Å². The maximum Gasteiger partial charge on any atom is 0.251 e. The first-order valence-electron chi connectivity index (χ1n) is 8.25. The Morgan fingerprint density at radius 3 is 2.88 bits per heavy atom. The number of thiazole rings is 1. The number of hydrogen-bond donors (Lipinski definition) is 2. The van der Waals surface area contributed by atoms with Crippen molar-refractivity contribution in [2.75, 3.05) is 13.6 Å². The van der Waals surface area contributed by atoms with E-state index in [-0.39, 0.29) is 12.0 Å². The molecule has 1 saturated carbocycles. The zero-order valence-electron chi connectivity index (χ0n) is 13.8. The molecule has 6 heteroatoms. The molecule has 1 atom stereocenters. The molecule has 1 heterocycles.